The predicted octanol–water partition coefficient (Wildman–Crippen LogP) is 0.840. The lowest BCUT2D eigenvalue weighted by Gasteiger charge is -2.28. The molecule has 2 atom stereocenters. The second-order valence-corrected chi connectivity index (χ2v) is 5.07. The fraction of sp³-hybridized carbons (Fsp3) is 0.833. The molecule has 18 heavy (non-hydrogen) atoms. The van der Waals surface area contributed by atoms with Crippen molar-refractivity contribution in [3.63, 3.8) is 0 Å². The van der Waals surface area contributed by atoms with E-state index in [2.05, 4.69) is 22.4 Å². The van der Waals surface area contributed by atoms with Gasteiger partial charge in [0.1, 0.15) is 6.61 Å². The molecule has 1 aliphatic carbocycles. The fourth-order valence-electron chi connectivity index (χ4n) is 2.07. The summed E-state index contributed by atoms with van der Waals surface area (Å²) in [6, 6.07) is 0. The van der Waals surface area contributed by atoms with E-state index in [4.69, 9.17) is 14.0 Å². The van der Waals surface area contributed by atoms with Crippen LogP contribution in [0.5, 0.6) is 0 Å². The molecule has 1 aromatic rings. The van der Waals surface area contributed by atoms with Gasteiger partial charge in [-0.1, -0.05) is 5.16 Å². The number of aromatic nitrogens is 2. The van der Waals surface area contributed by atoms with E-state index in [-0.39, 0.29) is 12.2 Å². The first-order valence-corrected chi connectivity index (χ1v) is 6.57. The molecule has 0 aromatic carbocycles. The topological polar surface area (TPSA) is 69.4 Å². The molecule has 1 aromatic heterocycles. The maximum absolute atomic E-state index is 5.73. The Kier molecular flexibility index (Phi) is 3.58. The number of ether oxygens (including phenoxy) is 2. The Hall–Kier alpha value is -0.980. The molecule has 1 saturated heterocycles. The highest BCUT2D eigenvalue weighted by Crippen LogP contribution is 2.38. The van der Waals surface area contributed by atoms with Crippen molar-refractivity contribution in [2.45, 2.75) is 44.5 Å². The normalized spacial score (nSPS) is 28.5. The van der Waals surface area contributed by atoms with Crippen LogP contribution in [0.3, 0.4) is 0 Å². The Balaban J connectivity index is 1.40. The fourth-order valence-corrected chi connectivity index (χ4v) is 2.07. The zero-order valence-electron chi connectivity index (χ0n) is 10.6. The molecule has 6 nitrogen and oxygen atoms in total. The van der Waals surface area contributed by atoms with Crippen LogP contribution in [-0.2, 0) is 16.1 Å². The molecule has 2 fully saturated rings. The van der Waals surface area contributed by atoms with E-state index < -0.39 is 0 Å². The molecule has 2 unspecified atom stereocenters. The Labute approximate surface area is 106 Å². The largest absolute Gasteiger partial charge is 0.371 e. The zero-order chi connectivity index (χ0) is 12.4. The van der Waals surface area contributed by atoms with Crippen molar-refractivity contribution < 1.29 is 14.0 Å². The van der Waals surface area contributed by atoms with Gasteiger partial charge in [0.2, 0.25) is 5.89 Å². The number of nitrogens with one attached hydrogen (secondary N) is 1. The number of hydrogen-bond acceptors (Lipinski definition) is 6. The van der Waals surface area contributed by atoms with E-state index >= 15 is 0 Å². The van der Waals surface area contributed by atoms with Crippen LogP contribution in [0.2, 0.25) is 0 Å². The first-order chi connectivity index (χ1) is 8.81. The highest BCUT2D eigenvalue weighted by Gasteiger charge is 2.29. The van der Waals surface area contributed by atoms with Gasteiger partial charge in [0.05, 0.1) is 18.8 Å². The van der Waals surface area contributed by atoms with Gasteiger partial charge < -0.3 is 19.3 Å². The molecule has 0 amide bonds. The van der Waals surface area contributed by atoms with Gasteiger partial charge in [-0.2, -0.15) is 4.98 Å². The van der Waals surface area contributed by atoms with Crippen LogP contribution >= 0.6 is 0 Å². The van der Waals surface area contributed by atoms with Crippen LogP contribution < -0.4 is 5.32 Å². The minimum atomic E-state index is 0.114. The van der Waals surface area contributed by atoms with Gasteiger partial charge in [0.15, 0.2) is 5.82 Å². The van der Waals surface area contributed by atoms with Crippen molar-refractivity contribution in [1.82, 2.24) is 15.5 Å². The minimum absolute atomic E-state index is 0.114. The average molecular weight is 253 g/mol. The number of nitrogens with zero attached hydrogens (tertiary/aromatic N) is 2. The average Bonchev–Trinajstić information content (AvgIpc) is 3.10. The van der Waals surface area contributed by atoms with Crippen LogP contribution in [0.1, 0.15) is 37.4 Å². The van der Waals surface area contributed by atoms with Crippen molar-refractivity contribution in [3.05, 3.63) is 11.7 Å². The molecule has 0 spiro atoms. The minimum Gasteiger partial charge on any atom is -0.371 e. The van der Waals surface area contributed by atoms with E-state index in [1.807, 2.05) is 0 Å². The lowest BCUT2D eigenvalue weighted by atomic mass is 10.2. The Morgan fingerprint density at radius 3 is 3.06 bits per heavy atom. The van der Waals surface area contributed by atoms with E-state index in [9.17, 15) is 0 Å². The van der Waals surface area contributed by atoms with E-state index in [1.54, 1.807) is 0 Å². The third-order valence-corrected chi connectivity index (χ3v) is 3.17. The monoisotopic (exact) mass is 253 g/mol. The van der Waals surface area contributed by atoms with Gasteiger partial charge in [-0.15, -0.1) is 0 Å². The van der Waals surface area contributed by atoms with Gasteiger partial charge >= 0.3 is 0 Å². The Morgan fingerprint density at radius 1 is 1.39 bits per heavy atom. The first-order valence-electron chi connectivity index (χ1n) is 6.57. The number of morpholine rings is 1. The summed E-state index contributed by atoms with van der Waals surface area (Å²) in [5, 5.41) is 7.21. The lowest BCUT2D eigenvalue weighted by Crippen LogP contribution is -2.45. The second-order valence-electron chi connectivity index (χ2n) is 5.07. The third kappa shape index (κ3) is 3.07. The van der Waals surface area contributed by atoms with Crippen molar-refractivity contribution >= 4 is 0 Å². The summed E-state index contributed by atoms with van der Waals surface area (Å²) >= 11 is 0. The standard InChI is InChI=1S/C12H19N3O3/c1-8-4-13-5-10(17-8)6-16-7-11-14-12(18-15-11)9-2-3-9/h8-10,13H,2-7H2,1H3. The van der Waals surface area contributed by atoms with Crippen LogP contribution in [0, 0.1) is 0 Å². The summed E-state index contributed by atoms with van der Waals surface area (Å²) in [5.41, 5.74) is 0. The zero-order valence-corrected chi connectivity index (χ0v) is 10.6. The molecule has 1 aliphatic heterocycles. The quantitative estimate of drug-likeness (QED) is 0.838. The summed E-state index contributed by atoms with van der Waals surface area (Å²) in [7, 11) is 0. The first kappa shape index (κ1) is 12.1. The molecule has 6 heteroatoms. The molecule has 1 saturated carbocycles. The maximum atomic E-state index is 5.73. The molecule has 2 heterocycles. The molecule has 0 radical (unpaired) electrons. The highest BCUT2D eigenvalue weighted by atomic mass is 16.5. The highest BCUT2D eigenvalue weighted by molar-refractivity contribution is 5.01. The lowest BCUT2D eigenvalue weighted by molar-refractivity contribution is -0.0725. The molecule has 1 N–H and O–H groups in total. The van der Waals surface area contributed by atoms with E-state index in [0.29, 0.717) is 25.0 Å². The number of rotatable bonds is 5. The summed E-state index contributed by atoms with van der Waals surface area (Å²) < 4.78 is 16.5. The summed E-state index contributed by atoms with van der Waals surface area (Å²) in [4.78, 5) is 4.31. The molecule has 2 aliphatic rings. The van der Waals surface area contributed by atoms with E-state index in [0.717, 1.165) is 19.0 Å². The molecule has 100 valence electrons. The Bertz CT molecular complexity index is 392. The summed E-state index contributed by atoms with van der Waals surface area (Å²) in [5.74, 6) is 1.89. The molecular weight excluding hydrogens is 234 g/mol. The summed E-state index contributed by atoms with van der Waals surface area (Å²) in [6.07, 6.45) is 2.70. The van der Waals surface area contributed by atoms with Gasteiger partial charge in [0.25, 0.3) is 0 Å². The third-order valence-electron chi connectivity index (χ3n) is 3.17. The van der Waals surface area contributed by atoms with Gasteiger partial charge in [-0.25, -0.2) is 0 Å². The predicted molar refractivity (Wildman–Crippen MR) is 63.1 cm³/mol. The van der Waals surface area contributed by atoms with Crippen LogP contribution in [-0.4, -0.2) is 42.0 Å². The molecular formula is C12H19N3O3. The molecule has 0 bridgehead atoms. The molecule has 3 rings (SSSR count). The van der Waals surface area contributed by atoms with Crippen molar-refractivity contribution in [2.24, 2.45) is 0 Å². The number of hydrogen-bond donors (Lipinski definition) is 1. The summed E-state index contributed by atoms with van der Waals surface area (Å²) in [6.45, 7) is 4.76. The van der Waals surface area contributed by atoms with Crippen LogP contribution in [0.25, 0.3) is 0 Å². The SMILES string of the molecule is CC1CNCC(COCc2noc(C3CC3)n2)O1. The van der Waals surface area contributed by atoms with Gasteiger partial charge in [-0.05, 0) is 19.8 Å². The smallest absolute Gasteiger partial charge is 0.229 e. The van der Waals surface area contributed by atoms with Gasteiger partial charge in [-0.3, -0.25) is 0 Å². The van der Waals surface area contributed by atoms with Crippen molar-refractivity contribution in [2.75, 3.05) is 19.7 Å². The second kappa shape index (κ2) is 5.34. The van der Waals surface area contributed by atoms with E-state index in [1.165, 1.54) is 12.8 Å². The van der Waals surface area contributed by atoms with Crippen molar-refractivity contribution in [1.29, 1.82) is 0 Å². The van der Waals surface area contributed by atoms with Crippen LogP contribution in [0.15, 0.2) is 4.52 Å². The van der Waals surface area contributed by atoms with Gasteiger partial charge in [0, 0.05) is 19.0 Å². The Morgan fingerprint density at radius 2 is 2.28 bits per heavy atom. The van der Waals surface area contributed by atoms with Crippen LogP contribution in [0.4, 0.5) is 0 Å². The van der Waals surface area contributed by atoms with Crippen molar-refractivity contribution in [3.8, 4) is 0 Å². The maximum Gasteiger partial charge on any atom is 0.229 e.